The average Bonchev–Trinajstić information content (AvgIpc) is 3.19. The molecule has 3 N–H and O–H groups in total. The van der Waals surface area contributed by atoms with Crippen molar-refractivity contribution in [1.29, 1.82) is 0 Å². The summed E-state index contributed by atoms with van der Waals surface area (Å²) >= 11 is 0. The Morgan fingerprint density at radius 2 is 1.89 bits per heavy atom. The number of hydrogen-bond acceptors (Lipinski definition) is 4. The van der Waals surface area contributed by atoms with E-state index in [1.54, 1.807) is 0 Å². The lowest BCUT2D eigenvalue weighted by molar-refractivity contribution is 0.169. The van der Waals surface area contributed by atoms with Crippen LogP contribution in [-0.2, 0) is 6.54 Å². The second-order valence-corrected chi connectivity index (χ2v) is 6.78. The van der Waals surface area contributed by atoms with Crippen LogP contribution in [0.25, 0.3) is 11.3 Å². The second-order valence-electron chi connectivity index (χ2n) is 6.78. The molecule has 0 spiro atoms. The minimum atomic E-state index is 0.0826. The molecule has 6 heteroatoms. The first-order valence-electron chi connectivity index (χ1n) is 9.80. The van der Waals surface area contributed by atoms with E-state index in [0.717, 1.165) is 55.3 Å². The average molecular weight is 373 g/mol. The number of rotatable bonds is 10. The van der Waals surface area contributed by atoms with Gasteiger partial charge in [0.05, 0.1) is 6.54 Å². The molecule has 0 amide bonds. The van der Waals surface area contributed by atoms with E-state index in [9.17, 15) is 5.11 Å². The van der Waals surface area contributed by atoms with Crippen LogP contribution >= 0.6 is 0 Å². The van der Waals surface area contributed by atoms with E-state index in [1.807, 2.05) is 43.3 Å². The third-order valence-corrected chi connectivity index (χ3v) is 5.13. The number of hydrogen-bond donors (Lipinski definition) is 3. The van der Waals surface area contributed by atoms with Crippen LogP contribution in [0, 0.1) is 5.41 Å². The highest BCUT2D eigenvalue weighted by atomic mass is 16.5. The lowest BCUT2D eigenvalue weighted by Gasteiger charge is -2.32. The fraction of sp³-hybridized carbons (Fsp3) is 0.524. The third-order valence-electron chi connectivity index (χ3n) is 5.13. The molecule has 0 radical (unpaired) electrons. The number of aliphatic hydroxyl groups is 1. The number of nitrogens with zero attached hydrogens (tertiary/aromatic N) is 2. The molecule has 0 aliphatic heterocycles. The van der Waals surface area contributed by atoms with Crippen LogP contribution in [0.15, 0.2) is 45.9 Å². The van der Waals surface area contributed by atoms with Crippen molar-refractivity contribution in [3.05, 3.63) is 42.1 Å². The van der Waals surface area contributed by atoms with Gasteiger partial charge in [-0.25, -0.2) is 4.99 Å². The van der Waals surface area contributed by atoms with Crippen LogP contribution in [-0.4, -0.2) is 35.9 Å². The van der Waals surface area contributed by atoms with E-state index in [4.69, 9.17) is 4.52 Å². The molecule has 1 aromatic carbocycles. The Hall–Kier alpha value is -2.34. The first kappa shape index (κ1) is 21.0. The van der Waals surface area contributed by atoms with Crippen molar-refractivity contribution < 1.29 is 9.63 Å². The summed E-state index contributed by atoms with van der Waals surface area (Å²) in [4.78, 5) is 4.63. The van der Waals surface area contributed by atoms with E-state index in [-0.39, 0.29) is 12.0 Å². The predicted molar refractivity (Wildman–Crippen MR) is 109 cm³/mol. The van der Waals surface area contributed by atoms with E-state index >= 15 is 0 Å². The number of guanidine groups is 1. The molecular formula is C21H32N4O2. The summed E-state index contributed by atoms with van der Waals surface area (Å²) in [6.07, 6.45) is 2.82. The summed E-state index contributed by atoms with van der Waals surface area (Å²) in [6, 6.07) is 11.8. The van der Waals surface area contributed by atoms with Gasteiger partial charge in [-0.15, -0.1) is 0 Å². The fourth-order valence-corrected chi connectivity index (χ4v) is 3.08. The van der Waals surface area contributed by atoms with Gasteiger partial charge in [0.2, 0.25) is 0 Å². The molecule has 0 atom stereocenters. The van der Waals surface area contributed by atoms with Crippen LogP contribution < -0.4 is 10.6 Å². The molecule has 2 rings (SSSR count). The molecule has 0 fully saturated rings. The van der Waals surface area contributed by atoms with Crippen LogP contribution in [0.3, 0.4) is 0 Å². The molecule has 1 aromatic heterocycles. The topological polar surface area (TPSA) is 82.7 Å². The molecule has 27 heavy (non-hydrogen) atoms. The van der Waals surface area contributed by atoms with Crippen LogP contribution in [0.4, 0.5) is 0 Å². The normalized spacial score (nSPS) is 12.2. The quantitative estimate of drug-likeness (QED) is 0.439. The number of aliphatic hydroxyl groups excluding tert-OH is 1. The largest absolute Gasteiger partial charge is 0.396 e. The zero-order chi connectivity index (χ0) is 19.5. The summed E-state index contributed by atoms with van der Waals surface area (Å²) in [5.41, 5.74) is 1.88. The van der Waals surface area contributed by atoms with Gasteiger partial charge >= 0.3 is 0 Å². The number of nitrogens with one attached hydrogen (secondary N) is 2. The van der Waals surface area contributed by atoms with Crippen molar-refractivity contribution in [2.75, 3.05) is 19.7 Å². The summed E-state index contributed by atoms with van der Waals surface area (Å²) in [6.45, 7) is 8.60. The van der Waals surface area contributed by atoms with Gasteiger partial charge in [0, 0.05) is 31.3 Å². The van der Waals surface area contributed by atoms with Crippen molar-refractivity contribution >= 4 is 5.96 Å². The lowest BCUT2D eigenvalue weighted by Crippen LogP contribution is -2.43. The molecule has 0 saturated heterocycles. The molecule has 1 heterocycles. The Kier molecular flexibility index (Phi) is 8.33. The SMILES string of the molecule is CCNC(=NCc1cc(-c2ccccc2)on1)NCC(CC)(CC)CCO. The fourth-order valence-electron chi connectivity index (χ4n) is 3.08. The summed E-state index contributed by atoms with van der Waals surface area (Å²) in [7, 11) is 0. The zero-order valence-electron chi connectivity index (χ0n) is 16.7. The predicted octanol–water partition coefficient (Wildman–Crippen LogP) is 3.59. The van der Waals surface area contributed by atoms with Gasteiger partial charge in [0.15, 0.2) is 11.7 Å². The maximum Gasteiger partial charge on any atom is 0.191 e. The van der Waals surface area contributed by atoms with Crippen LogP contribution in [0.1, 0.15) is 45.7 Å². The van der Waals surface area contributed by atoms with Crippen molar-refractivity contribution in [2.24, 2.45) is 10.4 Å². The Morgan fingerprint density at radius 1 is 1.15 bits per heavy atom. The molecule has 0 aliphatic rings. The number of aliphatic imine (C=N–C) groups is 1. The lowest BCUT2D eigenvalue weighted by atomic mass is 9.79. The van der Waals surface area contributed by atoms with Gasteiger partial charge in [0.1, 0.15) is 5.69 Å². The van der Waals surface area contributed by atoms with Crippen molar-refractivity contribution in [3.63, 3.8) is 0 Å². The smallest absolute Gasteiger partial charge is 0.191 e. The monoisotopic (exact) mass is 372 g/mol. The Morgan fingerprint density at radius 3 is 2.52 bits per heavy atom. The highest BCUT2D eigenvalue weighted by Crippen LogP contribution is 2.29. The van der Waals surface area contributed by atoms with Gasteiger partial charge in [-0.05, 0) is 31.6 Å². The Bertz CT molecular complexity index is 693. The molecule has 6 nitrogen and oxygen atoms in total. The van der Waals surface area contributed by atoms with Gasteiger partial charge < -0.3 is 20.3 Å². The summed E-state index contributed by atoms with van der Waals surface area (Å²) in [5, 5.41) is 20.2. The van der Waals surface area contributed by atoms with Crippen molar-refractivity contribution in [2.45, 2.75) is 46.6 Å². The highest BCUT2D eigenvalue weighted by molar-refractivity contribution is 5.79. The molecule has 148 valence electrons. The van der Waals surface area contributed by atoms with Gasteiger partial charge in [0.25, 0.3) is 0 Å². The highest BCUT2D eigenvalue weighted by Gasteiger charge is 2.25. The molecular weight excluding hydrogens is 340 g/mol. The summed E-state index contributed by atoms with van der Waals surface area (Å²) in [5.74, 6) is 1.50. The van der Waals surface area contributed by atoms with Crippen molar-refractivity contribution in [1.82, 2.24) is 15.8 Å². The third kappa shape index (κ3) is 6.10. The number of benzene rings is 1. The first-order chi connectivity index (χ1) is 13.2. The standard InChI is InChI=1S/C21H32N4O2/c1-4-21(5-2,12-13-26)16-24-20(22-6-3)23-15-18-14-19(27-25-18)17-10-8-7-9-11-17/h7-11,14,26H,4-6,12-13,15-16H2,1-3H3,(H2,22,23,24). The minimum Gasteiger partial charge on any atom is -0.396 e. The Labute approximate surface area is 162 Å². The molecule has 0 saturated carbocycles. The van der Waals surface area contributed by atoms with Gasteiger partial charge in [-0.3, -0.25) is 0 Å². The molecule has 0 bridgehead atoms. The van der Waals surface area contributed by atoms with Crippen LogP contribution in [0.2, 0.25) is 0 Å². The van der Waals surface area contributed by atoms with E-state index in [1.165, 1.54) is 0 Å². The molecule has 0 aliphatic carbocycles. The molecule has 2 aromatic rings. The van der Waals surface area contributed by atoms with Gasteiger partial charge in [-0.1, -0.05) is 49.3 Å². The second kappa shape index (κ2) is 10.7. The van der Waals surface area contributed by atoms with E-state index in [0.29, 0.717) is 6.54 Å². The van der Waals surface area contributed by atoms with Crippen molar-refractivity contribution in [3.8, 4) is 11.3 Å². The van der Waals surface area contributed by atoms with Crippen LogP contribution in [0.5, 0.6) is 0 Å². The molecule has 0 unspecified atom stereocenters. The summed E-state index contributed by atoms with van der Waals surface area (Å²) < 4.78 is 5.44. The zero-order valence-corrected chi connectivity index (χ0v) is 16.7. The van der Waals surface area contributed by atoms with E-state index in [2.05, 4.69) is 34.6 Å². The van der Waals surface area contributed by atoms with Gasteiger partial charge in [-0.2, -0.15) is 0 Å². The first-order valence-corrected chi connectivity index (χ1v) is 9.80. The Balaban J connectivity index is 2.02. The van der Waals surface area contributed by atoms with E-state index < -0.39 is 0 Å². The minimum absolute atomic E-state index is 0.0826. The maximum absolute atomic E-state index is 9.39. The number of aromatic nitrogens is 1. The maximum atomic E-state index is 9.39.